The van der Waals surface area contributed by atoms with Crippen LogP contribution in [0.4, 0.5) is 8.78 Å². The fraction of sp³-hybridized carbons (Fsp3) is 0.579. The van der Waals surface area contributed by atoms with E-state index in [0.717, 1.165) is 25.9 Å². The van der Waals surface area contributed by atoms with E-state index in [0.29, 0.717) is 23.7 Å². The van der Waals surface area contributed by atoms with Crippen LogP contribution >= 0.6 is 0 Å². The van der Waals surface area contributed by atoms with E-state index in [1.807, 2.05) is 0 Å². The lowest BCUT2D eigenvalue weighted by molar-refractivity contribution is -0.121. The molecule has 1 aromatic rings. The number of halogens is 2. The largest absolute Gasteiger partial charge is 0.488 e. The zero-order valence-corrected chi connectivity index (χ0v) is 15.1. The van der Waals surface area contributed by atoms with E-state index in [1.54, 1.807) is 0 Å². The Morgan fingerprint density at radius 1 is 1.31 bits per heavy atom. The second-order valence-electron chi connectivity index (χ2n) is 6.80. The molecule has 1 atom stereocenters. The molecule has 2 heterocycles. The average Bonchev–Trinajstić information content (AvgIpc) is 3.08. The van der Waals surface area contributed by atoms with Gasteiger partial charge in [0.25, 0.3) is 0 Å². The molecular formula is C19H25F2N3O2. The Bertz CT molecular complexity index is 670. The summed E-state index contributed by atoms with van der Waals surface area (Å²) < 4.78 is 33.9. The van der Waals surface area contributed by atoms with E-state index < -0.39 is 11.6 Å². The third-order valence-corrected chi connectivity index (χ3v) is 5.04. The Morgan fingerprint density at radius 3 is 2.73 bits per heavy atom. The molecule has 3 rings (SSSR count). The van der Waals surface area contributed by atoms with Gasteiger partial charge in [0, 0.05) is 31.0 Å². The van der Waals surface area contributed by atoms with E-state index in [2.05, 4.69) is 22.4 Å². The lowest BCUT2D eigenvalue weighted by atomic mass is 10.0. The highest BCUT2D eigenvalue weighted by molar-refractivity contribution is 6.04. The standard InChI is InChI=1S/C19H25F2N3O2/c1-2-14-5-3-8-24(14)9-4-10-26-19-15(20)11-13(12-16(19)21)17-6-7-18(25)23-22-17/h11-12,14H,2-10H2,1H3,(H,23,25)/t14-/m1/s1. The molecule has 142 valence electrons. The number of hydrogen-bond donors (Lipinski definition) is 1. The van der Waals surface area contributed by atoms with Crippen molar-refractivity contribution in [1.29, 1.82) is 0 Å². The highest BCUT2D eigenvalue weighted by atomic mass is 19.1. The highest BCUT2D eigenvalue weighted by Gasteiger charge is 2.22. The van der Waals surface area contributed by atoms with Gasteiger partial charge in [-0.2, -0.15) is 5.10 Å². The molecule has 1 aromatic carbocycles. The molecule has 7 heteroatoms. The zero-order chi connectivity index (χ0) is 18.5. The second-order valence-corrected chi connectivity index (χ2v) is 6.80. The van der Waals surface area contributed by atoms with Crippen molar-refractivity contribution in [1.82, 2.24) is 10.3 Å². The van der Waals surface area contributed by atoms with Gasteiger partial charge < -0.3 is 9.64 Å². The Morgan fingerprint density at radius 2 is 2.08 bits per heavy atom. The molecule has 26 heavy (non-hydrogen) atoms. The van der Waals surface area contributed by atoms with Crippen molar-refractivity contribution in [3.8, 4) is 5.75 Å². The lowest BCUT2D eigenvalue weighted by Crippen LogP contribution is -2.30. The zero-order valence-electron chi connectivity index (χ0n) is 15.1. The molecular weight excluding hydrogens is 340 g/mol. The molecule has 0 unspecified atom stereocenters. The summed E-state index contributed by atoms with van der Waals surface area (Å²) in [6.45, 7) is 4.44. The molecule has 1 saturated heterocycles. The third kappa shape index (κ3) is 4.38. The number of amides is 1. The predicted octanol–water partition coefficient (Wildman–Crippen LogP) is 3.22. The molecule has 2 aliphatic rings. The minimum atomic E-state index is -0.743. The van der Waals surface area contributed by atoms with Gasteiger partial charge in [0.1, 0.15) is 0 Å². The molecule has 0 spiro atoms. The van der Waals surface area contributed by atoms with Crippen LogP contribution in [0.15, 0.2) is 17.2 Å². The van der Waals surface area contributed by atoms with Gasteiger partial charge in [0.2, 0.25) is 5.91 Å². The average molecular weight is 365 g/mol. The van der Waals surface area contributed by atoms with Gasteiger partial charge in [0.05, 0.1) is 12.3 Å². The number of carbonyl (C=O) groups is 1. The fourth-order valence-electron chi connectivity index (χ4n) is 3.64. The van der Waals surface area contributed by atoms with Crippen LogP contribution in [0.2, 0.25) is 0 Å². The molecule has 1 fully saturated rings. The van der Waals surface area contributed by atoms with Crippen LogP contribution in [0.1, 0.15) is 51.0 Å². The van der Waals surface area contributed by atoms with Crippen LogP contribution in [-0.4, -0.2) is 42.3 Å². The topological polar surface area (TPSA) is 53.9 Å². The van der Waals surface area contributed by atoms with Gasteiger partial charge in [-0.05, 0) is 44.4 Å². The summed E-state index contributed by atoms with van der Waals surface area (Å²) in [7, 11) is 0. The number of nitrogens with zero attached hydrogens (tertiary/aromatic N) is 2. The monoisotopic (exact) mass is 365 g/mol. The van der Waals surface area contributed by atoms with E-state index in [-0.39, 0.29) is 24.7 Å². The number of hydrazone groups is 1. The molecule has 1 N–H and O–H groups in total. The lowest BCUT2D eigenvalue weighted by Gasteiger charge is -2.23. The normalized spacial score (nSPS) is 20.8. The van der Waals surface area contributed by atoms with Crippen molar-refractivity contribution in [2.24, 2.45) is 5.10 Å². The maximum Gasteiger partial charge on any atom is 0.240 e. The summed E-state index contributed by atoms with van der Waals surface area (Å²) in [5.41, 5.74) is 3.12. The van der Waals surface area contributed by atoms with E-state index in [1.165, 1.54) is 25.0 Å². The minimum absolute atomic E-state index is 0.196. The first-order valence-corrected chi connectivity index (χ1v) is 9.30. The molecule has 0 saturated carbocycles. The second kappa shape index (κ2) is 8.58. The van der Waals surface area contributed by atoms with Crippen molar-refractivity contribution in [2.45, 2.75) is 51.5 Å². The van der Waals surface area contributed by atoms with Crippen molar-refractivity contribution >= 4 is 11.6 Å². The van der Waals surface area contributed by atoms with Gasteiger partial charge in [-0.15, -0.1) is 0 Å². The maximum atomic E-state index is 14.3. The van der Waals surface area contributed by atoms with Gasteiger partial charge in [0.15, 0.2) is 17.4 Å². The SMILES string of the molecule is CC[C@@H]1CCCN1CCCOc1c(F)cc(C2=NNC(=O)CC2)cc1F. The molecule has 0 aromatic heterocycles. The van der Waals surface area contributed by atoms with Crippen LogP contribution in [0.25, 0.3) is 0 Å². The van der Waals surface area contributed by atoms with E-state index in [9.17, 15) is 13.6 Å². The smallest absolute Gasteiger partial charge is 0.240 e. The first kappa shape index (κ1) is 18.8. The van der Waals surface area contributed by atoms with Crippen molar-refractivity contribution < 1.29 is 18.3 Å². The van der Waals surface area contributed by atoms with Crippen LogP contribution in [0.3, 0.4) is 0 Å². The predicted molar refractivity (Wildman–Crippen MR) is 95.3 cm³/mol. The molecule has 0 radical (unpaired) electrons. The summed E-state index contributed by atoms with van der Waals surface area (Å²) in [4.78, 5) is 13.5. The molecule has 0 aliphatic carbocycles. The van der Waals surface area contributed by atoms with Crippen molar-refractivity contribution in [2.75, 3.05) is 19.7 Å². The number of carbonyl (C=O) groups excluding carboxylic acids is 1. The Balaban J connectivity index is 1.56. The maximum absolute atomic E-state index is 14.3. The Hall–Kier alpha value is -2.02. The summed E-state index contributed by atoms with van der Waals surface area (Å²) >= 11 is 0. The molecule has 1 amide bonds. The molecule has 5 nitrogen and oxygen atoms in total. The van der Waals surface area contributed by atoms with Crippen molar-refractivity contribution in [3.63, 3.8) is 0 Å². The number of benzene rings is 1. The summed E-state index contributed by atoms with van der Waals surface area (Å²) in [6, 6.07) is 3.05. The van der Waals surface area contributed by atoms with Crippen molar-refractivity contribution in [3.05, 3.63) is 29.3 Å². The van der Waals surface area contributed by atoms with E-state index >= 15 is 0 Å². The first-order valence-electron chi connectivity index (χ1n) is 9.30. The third-order valence-electron chi connectivity index (χ3n) is 5.04. The molecule has 0 bridgehead atoms. The molecule has 2 aliphatic heterocycles. The number of hydrogen-bond acceptors (Lipinski definition) is 4. The Kier molecular flexibility index (Phi) is 6.19. The minimum Gasteiger partial charge on any atom is -0.488 e. The van der Waals surface area contributed by atoms with Crippen LogP contribution in [0.5, 0.6) is 5.75 Å². The number of likely N-dealkylation sites (tertiary alicyclic amines) is 1. The number of nitrogens with one attached hydrogen (secondary N) is 1. The number of ether oxygens (including phenoxy) is 1. The first-order chi connectivity index (χ1) is 12.6. The fourth-order valence-corrected chi connectivity index (χ4v) is 3.64. The number of rotatable bonds is 7. The van der Waals surface area contributed by atoms with Gasteiger partial charge in [-0.3, -0.25) is 4.79 Å². The summed E-state index contributed by atoms with van der Waals surface area (Å²) in [5.74, 6) is -2.03. The van der Waals surface area contributed by atoms with E-state index in [4.69, 9.17) is 4.74 Å². The van der Waals surface area contributed by atoms with Gasteiger partial charge in [-0.25, -0.2) is 14.2 Å². The quantitative estimate of drug-likeness (QED) is 0.755. The van der Waals surface area contributed by atoms with Gasteiger partial charge >= 0.3 is 0 Å². The van der Waals surface area contributed by atoms with Crippen LogP contribution in [-0.2, 0) is 4.79 Å². The van der Waals surface area contributed by atoms with Crippen LogP contribution < -0.4 is 10.2 Å². The van der Waals surface area contributed by atoms with Gasteiger partial charge in [-0.1, -0.05) is 6.92 Å². The highest BCUT2D eigenvalue weighted by Crippen LogP contribution is 2.25. The summed E-state index contributed by atoms with van der Waals surface area (Å²) in [5, 5.41) is 3.86. The summed E-state index contributed by atoms with van der Waals surface area (Å²) in [6.07, 6.45) is 4.93. The van der Waals surface area contributed by atoms with Crippen LogP contribution in [0, 0.1) is 11.6 Å². The Labute approximate surface area is 152 Å².